The summed E-state index contributed by atoms with van der Waals surface area (Å²) in [6.45, 7) is 13.3. The third-order valence-corrected chi connectivity index (χ3v) is 10.8. The van der Waals surface area contributed by atoms with Crippen LogP contribution in [0.1, 0.15) is 106 Å². The summed E-state index contributed by atoms with van der Waals surface area (Å²) in [7, 11) is 0. The first-order valence-electron chi connectivity index (χ1n) is 13.7. The van der Waals surface area contributed by atoms with E-state index in [2.05, 4.69) is 34.6 Å². The number of hydrogen-bond acceptors (Lipinski definition) is 4. The third kappa shape index (κ3) is 4.11. The average molecular weight is 461 g/mol. The van der Waals surface area contributed by atoms with Gasteiger partial charge in [-0.15, -0.1) is 0 Å². The van der Waals surface area contributed by atoms with Gasteiger partial charge in [0.15, 0.2) is 0 Å². The predicted octanol–water partition coefficient (Wildman–Crippen LogP) is 6.05. The molecule has 4 rings (SSSR count). The fraction of sp³-hybridized carbons (Fsp3) is 0.897. The van der Waals surface area contributed by atoms with Gasteiger partial charge in [0, 0.05) is 18.8 Å². The van der Waals surface area contributed by atoms with Crippen molar-refractivity contribution in [3.8, 4) is 0 Å². The van der Waals surface area contributed by atoms with Crippen LogP contribution in [-0.2, 0) is 9.53 Å². The number of fused-ring (bicyclic) bond motifs is 5. The standard InChI is InChI=1S/C29H48O4/c1-18(2)8-7-9-19(3)23-10-11-24-22-16-26(31)29(32)17-21(33-20(4)30)12-15-28(29,6)25(22)13-14-27(23,24)5/h16,18-19,21,23-26,31-32H,7-15,17H2,1-6H3/t19-,21+,23-,24+,25+,26-,27-,28-,29+/m1/s1. The predicted molar refractivity (Wildman–Crippen MR) is 131 cm³/mol. The van der Waals surface area contributed by atoms with E-state index >= 15 is 0 Å². The number of allylic oxidation sites excluding steroid dienone is 1. The lowest BCUT2D eigenvalue weighted by Crippen LogP contribution is -2.65. The minimum Gasteiger partial charge on any atom is -0.462 e. The van der Waals surface area contributed by atoms with Crippen molar-refractivity contribution in [3.05, 3.63) is 11.6 Å². The minimum absolute atomic E-state index is 0.304. The molecular weight excluding hydrogens is 412 g/mol. The number of carbonyl (C=O) groups excluding carboxylic acids is 1. The van der Waals surface area contributed by atoms with Crippen molar-refractivity contribution in [1.82, 2.24) is 0 Å². The van der Waals surface area contributed by atoms with Crippen molar-refractivity contribution in [1.29, 1.82) is 0 Å². The number of aliphatic hydroxyl groups is 2. The molecule has 0 unspecified atom stereocenters. The van der Waals surface area contributed by atoms with Crippen molar-refractivity contribution in [2.75, 3.05) is 0 Å². The summed E-state index contributed by atoms with van der Waals surface area (Å²) in [6.07, 6.45) is 11.5. The van der Waals surface area contributed by atoms with Gasteiger partial charge >= 0.3 is 5.97 Å². The molecule has 0 bridgehead atoms. The van der Waals surface area contributed by atoms with Gasteiger partial charge < -0.3 is 14.9 Å². The van der Waals surface area contributed by atoms with E-state index in [9.17, 15) is 15.0 Å². The Bertz CT molecular complexity index is 774. The first-order chi connectivity index (χ1) is 15.4. The number of aliphatic hydroxyl groups excluding tert-OH is 1. The van der Waals surface area contributed by atoms with E-state index in [0.717, 1.165) is 37.0 Å². The summed E-state index contributed by atoms with van der Waals surface area (Å²) in [5, 5.41) is 23.1. The summed E-state index contributed by atoms with van der Waals surface area (Å²) >= 11 is 0. The minimum atomic E-state index is -1.23. The maximum atomic E-state index is 11.8. The Morgan fingerprint density at radius 1 is 1.09 bits per heavy atom. The first kappa shape index (κ1) is 25.2. The van der Waals surface area contributed by atoms with Crippen molar-refractivity contribution in [2.24, 2.45) is 40.4 Å². The van der Waals surface area contributed by atoms with Gasteiger partial charge in [-0.25, -0.2) is 0 Å². The molecule has 9 atom stereocenters. The molecule has 3 fully saturated rings. The van der Waals surface area contributed by atoms with Gasteiger partial charge in [-0.05, 0) is 73.5 Å². The molecule has 0 aromatic rings. The molecule has 0 spiro atoms. The zero-order valence-corrected chi connectivity index (χ0v) is 21.9. The van der Waals surface area contributed by atoms with E-state index in [1.165, 1.54) is 51.0 Å². The molecule has 0 saturated heterocycles. The molecule has 2 N–H and O–H groups in total. The van der Waals surface area contributed by atoms with Gasteiger partial charge in [-0.3, -0.25) is 4.79 Å². The maximum Gasteiger partial charge on any atom is 0.302 e. The van der Waals surface area contributed by atoms with Crippen molar-refractivity contribution in [2.45, 2.75) is 124 Å². The van der Waals surface area contributed by atoms with Gasteiger partial charge in [0.1, 0.15) is 17.8 Å². The zero-order chi connectivity index (χ0) is 24.2. The van der Waals surface area contributed by atoms with Gasteiger partial charge in [-0.1, -0.05) is 65.5 Å². The molecule has 0 radical (unpaired) electrons. The Labute approximate surface area is 201 Å². The molecule has 0 aromatic heterocycles. The fourth-order valence-electron chi connectivity index (χ4n) is 8.89. The van der Waals surface area contributed by atoms with Crippen LogP contribution < -0.4 is 0 Å². The molecule has 0 amide bonds. The van der Waals surface area contributed by atoms with Gasteiger partial charge in [0.2, 0.25) is 0 Å². The van der Waals surface area contributed by atoms with Crippen LogP contribution in [0.3, 0.4) is 0 Å². The Balaban J connectivity index is 1.56. The molecule has 188 valence electrons. The second-order valence-electron chi connectivity index (χ2n) is 13.1. The lowest BCUT2D eigenvalue weighted by molar-refractivity contribution is -0.216. The molecule has 4 aliphatic rings. The zero-order valence-electron chi connectivity index (χ0n) is 21.9. The lowest BCUT2D eigenvalue weighted by atomic mass is 9.45. The summed E-state index contributed by atoms with van der Waals surface area (Å²) in [6, 6.07) is 0. The molecule has 4 nitrogen and oxygen atoms in total. The highest BCUT2D eigenvalue weighted by atomic mass is 16.5. The lowest BCUT2D eigenvalue weighted by Gasteiger charge is -2.62. The number of ether oxygens (including phenoxy) is 1. The largest absolute Gasteiger partial charge is 0.462 e. The topological polar surface area (TPSA) is 66.8 Å². The molecule has 0 aromatic carbocycles. The second-order valence-corrected chi connectivity index (χ2v) is 13.1. The van der Waals surface area contributed by atoms with Gasteiger partial charge in [0.25, 0.3) is 0 Å². The molecule has 33 heavy (non-hydrogen) atoms. The SMILES string of the molecule is CC(=O)O[C@H]1CC[C@]2(C)[C@H]3CC[C@]4(C)[C@@H]([C@H](C)CCCC(C)C)CC[C@H]4C3=C[C@@H](O)[C@@]2(O)C1. The number of rotatable bonds is 6. The van der Waals surface area contributed by atoms with Crippen LogP contribution in [-0.4, -0.2) is 34.0 Å². The van der Waals surface area contributed by atoms with Gasteiger partial charge in [-0.2, -0.15) is 0 Å². The molecule has 3 saturated carbocycles. The second kappa shape index (κ2) is 8.97. The van der Waals surface area contributed by atoms with Crippen LogP contribution in [0.5, 0.6) is 0 Å². The van der Waals surface area contributed by atoms with Crippen LogP contribution in [0.15, 0.2) is 11.6 Å². The Hall–Kier alpha value is -0.870. The number of hydrogen-bond donors (Lipinski definition) is 2. The fourth-order valence-corrected chi connectivity index (χ4v) is 8.89. The van der Waals surface area contributed by atoms with Crippen molar-refractivity contribution >= 4 is 5.97 Å². The molecule has 0 aliphatic heterocycles. The summed E-state index contributed by atoms with van der Waals surface area (Å²) in [5.74, 6) is 2.82. The van der Waals surface area contributed by atoms with Crippen molar-refractivity contribution in [3.63, 3.8) is 0 Å². The van der Waals surface area contributed by atoms with Crippen LogP contribution >= 0.6 is 0 Å². The van der Waals surface area contributed by atoms with E-state index in [-0.39, 0.29) is 17.5 Å². The monoisotopic (exact) mass is 460 g/mol. The highest BCUT2D eigenvalue weighted by Gasteiger charge is 2.65. The quantitative estimate of drug-likeness (QED) is 0.374. The highest BCUT2D eigenvalue weighted by Crippen LogP contribution is 2.67. The van der Waals surface area contributed by atoms with E-state index in [1.807, 2.05) is 6.08 Å². The Morgan fingerprint density at radius 3 is 2.48 bits per heavy atom. The van der Waals surface area contributed by atoms with Crippen LogP contribution in [0.4, 0.5) is 0 Å². The van der Waals surface area contributed by atoms with Gasteiger partial charge in [0.05, 0.1) is 0 Å². The summed E-state index contributed by atoms with van der Waals surface area (Å²) < 4.78 is 5.48. The maximum absolute atomic E-state index is 11.8. The third-order valence-electron chi connectivity index (χ3n) is 10.8. The van der Waals surface area contributed by atoms with E-state index in [4.69, 9.17) is 4.74 Å². The molecule has 4 heteroatoms. The van der Waals surface area contributed by atoms with Crippen LogP contribution in [0.25, 0.3) is 0 Å². The molecule has 0 heterocycles. The Kier molecular flexibility index (Phi) is 6.86. The van der Waals surface area contributed by atoms with Crippen molar-refractivity contribution < 1.29 is 19.7 Å². The van der Waals surface area contributed by atoms with E-state index < -0.39 is 11.7 Å². The number of carbonyl (C=O) groups is 1. The van der Waals surface area contributed by atoms with Crippen LogP contribution in [0.2, 0.25) is 0 Å². The molecule has 4 aliphatic carbocycles. The summed E-state index contributed by atoms with van der Waals surface area (Å²) in [4.78, 5) is 11.5. The average Bonchev–Trinajstić information content (AvgIpc) is 3.07. The normalized spacial score (nSPS) is 45.6. The van der Waals surface area contributed by atoms with E-state index in [1.54, 1.807) is 0 Å². The number of esters is 1. The smallest absolute Gasteiger partial charge is 0.302 e. The van der Waals surface area contributed by atoms with E-state index in [0.29, 0.717) is 23.7 Å². The Morgan fingerprint density at radius 2 is 1.82 bits per heavy atom. The first-order valence-corrected chi connectivity index (χ1v) is 13.7. The molecular formula is C29H48O4. The van der Waals surface area contributed by atoms with Crippen LogP contribution in [0, 0.1) is 40.4 Å². The summed E-state index contributed by atoms with van der Waals surface area (Å²) in [5.41, 5.74) is 0.150. The highest BCUT2D eigenvalue weighted by molar-refractivity contribution is 5.66.